The van der Waals surface area contributed by atoms with E-state index in [1.165, 1.54) is 6.07 Å². The third kappa shape index (κ3) is 2.94. The van der Waals surface area contributed by atoms with Gasteiger partial charge < -0.3 is 4.74 Å². The van der Waals surface area contributed by atoms with Gasteiger partial charge in [-0.1, -0.05) is 30.3 Å². The molecule has 0 saturated carbocycles. The van der Waals surface area contributed by atoms with Gasteiger partial charge in [0.05, 0.1) is 0 Å². The molecule has 4 nitrogen and oxygen atoms in total. The molecule has 100 valence electrons. The van der Waals surface area contributed by atoms with Crippen LogP contribution in [0.5, 0.6) is 11.5 Å². The third-order valence-electron chi connectivity index (χ3n) is 2.75. The van der Waals surface area contributed by atoms with Crippen molar-refractivity contribution in [2.24, 2.45) is 0 Å². The normalized spacial score (nSPS) is 11.3. The summed E-state index contributed by atoms with van der Waals surface area (Å²) in [5.74, 6) is 0.676. The average molecular weight is 278 g/mol. The van der Waals surface area contributed by atoms with Gasteiger partial charge in [-0.05, 0) is 37.1 Å². The Kier molecular flexibility index (Phi) is 3.59. The number of aryl methyl sites for hydroxylation is 2. The molecular formula is C14H14O4S. The Bertz CT molecular complexity index is 705. The van der Waals surface area contributed by atoms with Crippen molar-refractivity contribution in [2.45, 2.75) is 18.7 Å². The van der Waals surface area contributed by atoms with E-state index in [0.29, 0.717) is 11.3 Å². The molecule has 0 aliphatic rings. The first-order valence-corrected chi connectivity index (χ1v) is 7.14. The highest BCUT2D eigenvalue weighted by molar-refractivity contribution is 7.86. The molecular weight excluding hydrogens is 264 g/mol. The van der Waals surface area contributed by atoms with Crippen LogP contribution in [0.4, 0.5) is 0 Å². The molecule has 2 aromatic carbocycles. The zero-order valence-corrected chi connectivity index (χ0v) is 11.4. The Morgan fingerprint density at radius 1 is 0.895 bits per heavy atom. The fraction of sp³-hybridized carbons (Fsp3) is 0.143. The van der Waals surface area contributed by atoms with Gasteiger partial charge in [0.1, 0.15) is 16.4 Å². The van der Waals surface area contributed by atoms with E-state index in [1.54, 1.807) is 31.2 Å². The molecule has 0 heterocycles. The predicted molar refractivity (Wildman–Crippen MR) is 72.2 cm³/mol. The Hall–Kier alpha value is -1.85. The van der Waals surface area contributed by atoms with Crippen LogP contribution in [0.1, 0.15) is 11.1 Å². The highest BCUT2D eigenvalue weighted by Crippen LogP contribution is 2.32. The van der Waals surface area contributed by atoms with Crippen molar-refractivity contribution in [1.29, 1.82) is 0 Å². The van der Waals surface area contributed by atoms with Crippen molar-refractivity contribution in [2.75, 3.05) is 0 Å². The van der Waals surface area contributed by atoms with Gasteiger partial charge in [0.2, 0.25) is 0 Å². The summed E-state index contributed by atoms with van der Waals surface area (Å²) in [6.45, 7) is 3.46. The second-order valence-electron chi connectivity index (χ2n) is 4.24. The fourth-order valence-electron chi connectivity index (χ4n) is 1.83. The van der Waals surface area contributed by atoms with E-state index in [4.69, 9.17) is 4.74 Å². The first-order chi connectivity index (χ1) is 8.89. The summed E-state index contributed by atoms with van der Waals surface area (Å²) in [5.41, 5.74) is 1.32. The van der Waals surface area contributed by atoms with Crippen molar-refractivity contribution in [3.8, 4) is 11.5 Å². The molecule has 2 aromatic rings. The van der Waals surface area contributed by atoms with Crippen LogP contribution in [0.3, 0.4) is 0 Å². The van der Waals surface area contributed by atoms with Gasteiger partial charge in [-0.15, -0.1) is 0 Å². The van der Waals surface area contributed by atoms with E-state index in [1.807, 2.05) is 19.1 Å². The topological polar surface area (TPSA) is 63.6 Å². The largest absolute Gasteiger partial charge is 0.456 e. The van der Waals surface area contributed by atoms with E-state index in [2.05, 4.69) is 0 Å². The second kappa shape index (κ2) is 5.03. The molecule has 0 radical (unpaired) electrons. The zero-order chi connectivity index (χ0) is 14.0. The minimum atomic E-state index is -4.32. The smallest absolute Gasteiger partial charge is 0.298 e. The van der Waals surface area contributed by atoms with Gasteiger partial charge in [-0.3, -0.25) is 4.55 Å². The van der Waals surface area contributed by atoms with Gasteiger partial charge in [0.15, 0.2) is 0 Å². The lowest BCUT2D eigenvalue weighted by molar-refractivity contribution is 0.446. The monoisotopic (exact) mass is 278 g/mol. The highest BCUT2D eigenvalue weighted by atomic mass is 32.2. The number of rotatable bonds is 3. The maximum absolute atomic E-state index is 11.4. The minimum Gasteiger partial charge on any atom is -0.456 e. The summed E-state index contributed by atoms with van der Waals surface area (Å²) < 4.78 is 37.7. The third-order valence-corrected chi connectivity index (χ3v) is 3.79. The van der Waals surface area contributed by atoms with Crippen molar-refractivity contribution in [3.05, 3.63) is 53.6 Å². The molecule has 0 aromatic heterocycles. The lowest BCUT2D eigenvalue weighted by Gasteiger charge is -2.12. The van der Waals surface area contributed by atoms with Crippen LogP contribution < -0.4 is 4.74 Å². The molecule has 0 amide bonds. The van der Waals surface area contributed by atoms with E-state index < -0.39 is 10.1 Å². The molecule has 0 atom stereocenters. The van der Waals surface area contributed by atoms with E-state index >= 15 is 0 Å². The lowest BCUT2D eigenvalue weighted by Crippen LogP contribution is -2.04. The fourth-order valence-corrected chi connectivity index (χ4v) is 2.66. The van der Waals surface area contributed by atoms with Gasteiger partial charge in [0.25, 0.3) is 10.1 Å². The number of ether oxygens (including phenoxy) is 1. The molecule has 19 heavy (non-hydrogen) atoms. The van der Waals surface area contributed by atoms with E-state index in [0.717, 1.165) is 5.56 Å². The zero-order valence-electron chi connectivity index (χ0n) is 10.6. The van der Waals surface area contributed by atoms with Gasteiger partial charge in [-0.25, -0.2) is 0 Å². The van der Waals surface area contributed by atoms with Crippen LogP contribution in [-0.4, -0.2) is 13.0 Å². The average Bonchev–Trinajstić information content (AvgIpc) is 2.30. The Balaban J connectivity index is 2.53. The van der Waals surface area contributed by atoms with Crippen molar-refractivity contribution >= 4 is 10.1 Å². The lowest BCUT2D eigenvalue weighted by atomic mass is 10.2. The summed E-state index contributed by atoms with van der Waals surface area (Å²) in [4.78, 5) is -0.196. The predicted octanol–water partition coefficient (Wildman–Crippen LogP) is 3.34. The van der Waals surface area contributed by atoms with Crippen molar-refractivity contribution in [1.82, 2.24) is 0 Å². The van der Waals surface area contributed by atoms with Gasteiger partial charge >= 0.3 is 0 Å². The molecule has 0 spiro atoms. The summed E-state index contributed by atoms with van der Waals surface area (Å²) >= 11 is 0. The molecule has 1 N–H and O–H groups in total. The number of hydrogen-bond acceptors (Lipinski definition) is 3. The van der Waals surface area contributed by atoms with Crippen LogP contribution in [0.15, 0.2) is 47.4 Å². The molecule has 0 unspecified atom stereocenters. The van der Waals surface area contributed by atoms with Crippen molar-refractivity contribution in [3.63, 3.8) is 0 Å². The molecule has 0 fully saturated rings. The first-order valence-electron chi connectivity index (χ1n) is 5.70. The minimum absolute atomic E-state index is 0.122. The summed E-state index contributed by atoms with van der Waals surface area (Å²) in [6, 6.07) is 12.1. The standard InChI is InChI=1S/C14H14O4S/c1-10-6-3-4-8-12(10)18-13-9-5-7-11(2)14(13)19(15,16)17/h3-9H,1-2H3,(H,15,16,17). The maximum atomic E-state index is 11.4. The first kappa shape index (κ1) is 13.6. The number of para-hydroxylation sites is 1. The summed E-state index contributed by atoms with van der Waals surface area (Å²) in [7, 11) is -4.32. The van der Waals surface area contributed by atoms with Gasteiger partial charge in [0, 0.05) is 0 Å². The molecule has 0 aliphatic heterocycles. The van der Waals surface area contributed by atoms with Crippen LogP contribution >= 0.6 is 0 Å². The van der Waals surface area contributed by atoms with Gasteiger partial charge in [-0.2, -0.15) is 8.42 Å². The van der Waals surface area contributed by atoms with Crippen molar-refractivity contribution < 1.29 is 17.7 Å². The highest BCUT2D eigenvalue weighted by Gasteiger charge is 2.20. The maximum Gasteiger partial charge on any atom is 0.298 e. The Labute approximate surface area is 112 Å². The molecule has 0 saturated heterocycles. The van der Waals surface area contributed by atoms with E-state index in [9.17, 15) is 13.0 Å². The van der Waals surface area contributed by atoms with E-state index in [-0.39, 0.29) is 10.6 Å². The Morgan fingerprint density at radius 2 is 1.47 bits per heavy atom. The van der Waals surface area contributed by atoms with Crippen LogP contribution in [0.2, 0.25) is 0 Å². The summed E-state index contributed by atoms with van der Waals surface area (Å²) in [5, 5.41) is 0. The molecule has 0 aliphatic carbocycles. The van der Waals surface area contributed by atoms with Crippen LogP contribution in [0.25, 0.3) is 0 Å². The SMILES string of the molecule is Cc1ccccc1Oc1cccc(C)c1S(=O)(=O)O. The second-order valence-corrected chi connectivity index (χ2v) is 5.60. The molecule has 0 bridgehead atoms. The molecule has 2 rings (SSSR count). The van der Waals surface area contributed by atoms with Crippen LogP contribution in [-0.2, 0) is 10.1 Å². The molecule has 5 heteroatoms. The number of hydrogen-bond donors (Lipinski definition) is 1. The number of benzene rings is 2. The van der Waals surface area contributed by atoms with Crippen LogP contribution in [0, 0.1) is 13.8 Å². The summed E-state index contributed by atoms with van der Waals surface area (Å²) in [6.07, 6.45) is 0. The Morgan fingerprint density at radius 3 is 2.11 bits per heavy atom. The quantitative estimate of drug-likeness (QED) is 0.874.